The van der Waals surface area contributed by atoms with E-state index in [9.17, 15) is 4.79 Å². The van der Waals surface area contributed by atoms with E-state index in [1.54, 1.807) is 6.20 Å². The third-order valence-corrected chi connectivity index (χ3v) is 3.46. The molecule has 2 rings (SSSR count). The topological polar surface area (TPSA) is 59.2 Å². The predicted octanol–water partition coefficient (Wildman–Crippen LogP) is 0.738. The van der Waals surface area contributed by atoms with Crippen LogP contribution in [-0.2, 0) is 11.2 Å². The summed E-state index contributed by atoms with van der Waals surface area (Å²) < 4.78 is 0. The Labute approximate surface area is 102 Å². The molecule has 2 heterocycles. The number of nitrogens with two attached hydrogens (primary N) is 1. The lowest BCUT2D eigenvalue weighted by Crippen LogP contribution is -2.33. The van der Waals surface area contributed by atoms with Crippen LogP contribution in [0.15, 0.2) is 18.3 Å². The number of carbonyl (C=O) groups excluding carboxylic acids is 1. The van der Waals surface area contributed by atoms with Crippen LogP contribution in [0.5, 0.6) is 0 Å². The Bertz CT molecular complexity index is 409. The fraction of sp³-hybridized carbons (Fsp3) is 0.538. The van der Waals surface area contributed by atoms with Crippen molar-refractivity contribution in [3.05, 3.63) is 29.6 Å². The van der Waals surface area contributed by atoms with Gasteiger partial charge in [0.1, 0.15) is 0 Å². The molecular formula is C13H19N3O. The normalized spacial score (nSPS) is 24.1. The molecule has 92 valence electrons. The number of pyridine rings is 1. The third kappa shape index (κ3) is 2.64. The summed E-state index contributed by atoms with van der Waals surface area (Å²) in [5.74, 6) is 0.523. The summed E-state index contributed by atoms with van der Waals surface area (Å²) in [6, 6.07) is 3.98. The Balaban J connectivity index is 2.01. The quantitative estimate of drug-likeness (QED) is 0.819. The lowest BCUT2D eigenvalue weighted by Gasteiger charge is -2.16. The van der Waals surface area contributed by atoms with Gasteiger partial charge in [-0.25, -0.2) is 0 Å². The highest BCUT2D eigenvalue weighted by atomic mass is 16.2. The predicted molar refractivity (Wildman–Crippen MR) is 66.4 cm³/mol. The second-order valence-electron chi connectivity index (χ2n) is 4.88. The Morgan fingerprint density at radius 3 is 2.94 bits per heavy atom. The van der Waals surface area contributed by atoms with Crippen molar-refractivity contribution in [1.82, 2.24) is 9.88 Å². The minimum absolute atomic E-state index is 0.115. The van der Waals surface area contributed by atoms with Gasteiger partial charge in [-0.15, -0.1) is 0 Å². The molecule has 1 aromatic rings. The molecule has 4 nitrogen and oxygen atoms in total. The fourth-order valence-electron chi connectivity index (χ4n) is 2.15. The van der Waals surface area contributed by atoms with E-state index in [-0.39, 0.29) is 11.9 Å². The zero-order chi connectivity index (χ0) is 12.4. The van der Waals surface area contributed by atoms with Crippen molar-refractivity contribution in [3.63, 3.8) is 0 Å². The number of hydrogen-bond acceptors (Lipinski definition) is 3. The van der Waals surface area contributed by atoms with Crippen molar-refractivity contribution in [2.75, 3.05) is 13.1 Å². The average Bonchev–Trinajstić information content (AvgIpc) is 2.63. The molecule has 2 atom stereocenters. The van der Waals surface area contributed by atoms with Crippen molar-refractivity contribution in [2.45, 2.75) is 26.3 Å². The summed E-state index contributed by atoms with van der Waals surface area (Å²) in [6.45, 7) is 5.51. The van der Waals surface area contributed by atoms with Crippen LogP contribution in [0, 0.1) is 12.8 Å². The summed E-state index contributed by atoms with van der Waals surface area (Å²) in [7, 11) is 0. The van der Waals surface area contributed by atoms with Gasteiger partial charge in [-0.2, -0.15) is 0 Å². The number of likely N-dealkylation sites (tertiary alicyclic amines) is 1. The molecular weight excluding hydrogens is 214 g/mol. The lowest BCUT2D eigenvalue weighted by molar-refractivity contribution is -0.129. The molecule has 1 aliphatic rings. The molecule has 2 unspecified atom stereocenters. The molecule has 1 aliphatic heterocycles. The summed E-state index contributed by atoms with van der Waals surface area (Å²) in [5.41, 5.74) is 7.85. The maximum absolute atomic E-state index is 12.1. The van der Waals surface area contributed by atoms with E-state index in [4.69, 9.17) is 5.73 Å². The number of aryl methyl sites for hydroxylation is 1. The van der Waals surface area contributed by atoms with Crippen LogP contribution in [0.3, 0.4) is 0 Å². The first-order chi connectivity index (χ1) is 8.08. The molecule has 17 heavy (non-hydrogen) atoms. The van der Waals surface area contributed by atoms with Crippen LogP contribution >= 0.6 is 0 Å². The van der Waals surface area contributed by atoms with Crippen molar-refractivity contribution in [1.29, 1.82) is 0 Å². The minimum atomic E-state index is 0.115. The van der Waals surface area contributed by atoms with Gasteiger partial charge in [0.2, 0.25) is 5.91 Å². The Morgan fingerprint density at radius 1 is 1.59 bits per heavy atom. The van der Waals surface area contributed by atoms with Gasteiger partial charge < -0.3 is 10.6 Å². The van der Waals surface area contributed by atoms with E-state index in [0.29, 0.717) is 18.9 Å². The summed E-state index contributed by atoms with van der Waals surface area (Å²) in [4.78, 5) is 18.2. The molecule has 0 aliphatic carbocycles. The summed E-state index contributed by atoms with van der Waals surface area (Å²) >= 11 is 0. The summed E-state index contributed by atoms with van der Waals surface area (Å²) in [6.07, 6.45) is 2.11. The zero-order valence-electron chi connectivity index (χ0n) is 10.4. The molecule has 0 bridgehead atoms. The molecule has 1 fully saturated rings. The number of nitrogens with zero attached hydrogens (tertiary/aromatic N) is 2. The van der Waals surface area contributed by atoms with Crippen LogP contribution in [0.4, 0.5) is 0 Å². The molecule has 2 N–H and O–H groups in total. The average molecular weight is 233 g/mol. The van der Waals surface area contributed by atoms with E-state index in [0.717, 1.165) is 17.8 Å². The second-order valence-corrected chi connectivity index (χ2v) is 4.88. The fourth-order valence-corrected chi connectivity index (χ4v) is 2.15. The van der Waals surface area contributed by atoms with Gasteiger partial charge in [0.25, 0.3) is 0 Å². The lowest BCUT2D eigenvalue weighted by atomic mass is 10.1. The van der Waals surface area contributed by atoms with Crippen molar-refractivity contribution < 1.29 is 4.79 Å². The highest BCUT2D eigenvalue weighted by molar-refractivity contribution is 5.79. The molecule has 1 aromatic heterocycles. The number of hydrogen-bond donors (Lipinski definition) is 1. The van der Waals surface area contributed by atoms with Gasteiger partial charge in [0.05, 0.1) is 12.1 Å². The van der Waals surface area contributed by atoms with Crippen molar-refractivity contribution >= 4 is 5.91 Å². The number of rotatable bonds is 2. The first kappa shape index (κ1) is 12.0. The Kier molecular flexibility index (Phi) is 3.43. The van der Waals surface area contributed by atoms with Gasteiger partial charge >= 0.3 is 0 Å². The monoisotopic (exact) mass is 233 g/mol. The maximum atomic E-state index is 12.1. The van der Waals surface area contributed by atoms with E-state index >= 15 is 0 Å². The van der Waals surface area contributed by atoms with Crippen LogP contribution in [0.1, 0.15) is 18.2 Å². The third-order valence-electron chi connectivity index (χ3n) is 3.46. The highest BCUT2D eigenvalue weighted by Crippen LogP contribution is 2.16. The van der Waals surface area contributed by atoms with Gasteiger partial charge in [0.15, 0.2) is 0 Å². The molecule has 0 radical (unpaired) electrons. The largest absolute Gasteiger partial charge is 0.340 e. The SMILES string of the molecule is Cc1cccnc1CC(=O)N1CC(C)C(N)C1. The van der Waals surface area contributed by atoms with Crippen LogP contribution in [-0.4, -0.2) is 34.9 Å². The van der Waals surface area contributed by atoms with E-state index < -0.39 is 0 Å². The van der Waals surface area contributed by atoms with E-state index in [1.165, 1.54) is 0 Å². The molecule has 0 aromatic carbocycles. The molecule has 0 saturated carbocycles. The standard InChI is InChI=1S/C13H19N3O/c1-9-4-3-5-15-12(9)6-13(17)16-7-10(2)11(14)8-16/h3-5,10-11H,6-8,14H2,1-2H3. The van der Waals surface area contributed by atoms with Gasteiger partial charge in [-0.3, -0.25) is 9.78 Å². The molecule has 4 heteroatoms. The number of carbonyl (C=O) groups is 1. The van der Waals surface area contributed by atoms with Crippen LogP contribution in [0.2, 0.25) is 0 Å². The zero-order valence-corrected chi connectivity index (χ0v) is 10.4. The van der Waals surface area contributed by atoms with Crippen molar-refractivity contribution in [2.24, 2.45) is 11.7 Å². The second kappa shape index (κ2) is 4.84. The first-order valence-electron chi connectivity index (χ1n) is 6.01. The van der Waals surface area contributed by atoms with E-state index in [1.807, 2.05) is 24.0 Å². The highest BCUT2D eigenvalue weighted by Gasteiger charge is 2.29. The molecule has 1 saturated heterocycles. The minimum Gasteiger partial charge on any atom is -0.340 e. The smallest absolute Gasteiger partial charge is 0.228 e. The number of aromatic nitrogens is 1. The number of amides is 1. The Hall–Kier alpha value is -1.42. The molecule has 0 spiro atoms. The Morgan fingerprint density at radius 2 is 2.35 bits per heavy atom. The summed E-state index contributed by atoms with van der Waals surface area (Å²) in [5, 5.41) is 0. The van der Waals surface area contributed by atoms with E-state index in [2.05, 4.69) is 11.9 Å². The van der Waals surface area contributed by atoms with Gasteiger partial charge in [-0.1, -0.05) is 13.0 Å². The van der Waals surface area contributed by atoms with Crippen molar-refractivity contribution in [3.8, 4) is 0 Å². The van der Waals surface area contributed by atoms with Gasteiger partial charge in [-0.05, 0) is 24.5 Å². The van der Waals surface area contributed by atoms with Crippen LogP contribution < -0.4 is 5.73 Å². The van der Waals surface area contributed by atoms with Gasteiger partial charge in [0, 0.05) is 25.3 Å². The maximum Gasteiger partial charge on any atom is 0.228 e. The first-order valence-corrected chi connectivity index (χ1v) is 6.01. The van der Waals surface area contributed by atoms with Crippen LogP contribution in [0.25, 0.3) is 0 Å². The molecule has 1 amide bonds.